The van der Waals surface area contributed by atoms with Gasteiger partial charge in [0.1, 0.15) is 0 Å². The Bertz CT molecular complexity index is 595. The molecule has 0 heterocycles. The highest BCUT2D eigenvalue weighted by atomic mass is 16.5. The molecule has 0 aromatic heterocycles. The van der Waals surface area contributed by atoms with E-state index in [-0.39, 0.29) is 0 Å². The number of esters is 1. The van der Waals surface area contributed by atoms with Crippen molar-refractivity contribution in [3.05, 3.63) is 59.2 Å². The smallest absolute Gasteiger partial charge is 0.338 e. The molecule has 19 heavy (non-hydrogen) atoms. The van der Waals surface area contributed by atoms with E-state index in [1.807, 2.05) is 30.3 Å². The van der Waals surface area contributed by atoms with Gasteiger partial charge in [-0.2, -0.15) is 0 Å². The maximum Gasteiger partial charge on any atom is 0.338 e. The number of benzene rings is 2. The fraction of sp³-hybridized carbons (Fsp3) is 0.133. The third-order valence-electron chi connectivity index (χ3n) is 2.94. The molecule has 0 saturated heterocycles. The lowest BCUT2D eigenvalue weighted by Crippen LogP contribution is -2.10. The minimum absolute atomic E-state index is 0.420. The molecule has 2 rings (SSSR count). The molecule has 0 amide bonds. The van der Waals surface area contributed by atoms with Crippen molar-refractivity contribution in [1.82, 2.24) is 0 Å². The van der Waals surface area contributed by atoms with Crippen molar-refractivity contribution in [2.45, 2.75) is 6.42 Å². The van der Waals surface area contributed by atoms with Crippen LogP contribution in [0.4, 0.5) is 11.4 Å². The third kappa shape index (κ3) is 2.85. The van der Waals surface area contributed by atoms with E-state index in [9.17, 15) is 4.79 Å². The van der Waals surface area contributed by atoms with Crippen LogP contribution in [-0.4, -0.2) is 13.1 Å². The van der Waals surface area contributed by atoms with Gasteiger partial charge in [0.05, 0.1) is 12.7 Å². The van der Waals surface area contributed by atoms with Crippen LogP contribution in [0.3, 0.4) is 0 Å². The number of rotatable bonds is 3. The summed E-state index contributed by atoms with van der Waals surface area (Å²) in [5.41, 5.74) is 14.9. The second kappa shape index (κ2) is 5.44. The van der Waals surface area contributed by atoms with Crippen molar-refractivity contribution in [2.24, 2.45) is 0 Å². The standard InChI is InChI=1S/C15H16N2O2/c1-19-15(18)13-8-11(16)9-14(17)12(13)7-10-5-3-2-4-6-10/h2-6,8-9H,7,16-17H2,1H3. The molecule has 0 aliphatic rings. The Hall–Kier alpha value is -2.49. The topological polar surface area (TPSA) is 78.3 Å². The lowest BCUT2D eigenvalue weighted by Gasteiger charge is -2.12. The van der Waals surface area contributed by atoms with Gasteiger partial charge < -0.3 is 16.2 Å². The highest BCUT2D eigenvalue weighted by Gasteiger charge is 2.15. The van der Waals surface area contributed by atoms with E-state index in [4.69, 9.17) is 16.2 Å². The Morgan fingerprint density at radius 3 is 2.47 bits per heavy atom. The van der Waals surface area contributed by atoms with Crippen molar-refractivity contribution in [3.63, 3.8) is 0 Å². The molecule has 4 heteroatoms. The van der Waals surface area contributed by atoms with Crippen molar-refractivity contribution >= 4 is 17.3 Å². The second-order valence-corrected chi connectivity index (χ2v) is 4.29. The molecule has 2 aromatic carbocycles. The number of hydrogen-bond acceptors (Lipinski definition) is 4. The zero-order valence-corrected chi connectivity index (χ0v) is 10.7. The van der Waals surface area contributed by atoms with Gasteiger partial charge >= 0.3 is 5.97 Å². The number of hydrogen-bond donors (Lipinski definition) is 2. The van der Waals surface area contributed by atoms with Crippen molar-refractivity contribution in [3.8, 4) is 0 Å². The molecule has 2 aromatic rings. The number of nitrogen functional groups attached to an aromatic ring is 2. The molecule has 0 aliphatic heterocycles. The second-order valence-electron chi connectivity index (χ2n) is 4.29. The zero-order valence-electron chi connectivity index (χ0n) is 10.7. The Labute approximate surface area is 112 Å². The van der Waals surface area contributed by atoms with E-state index in [2.05, 4.69) is 0 Å². The lowest BCUT2D eigenvalue weighted by atomic mass is 9.97. The summed E-state index contributed by atoms with van der Waals surface area (Å²) < 4.78 is 4.77. The van der Waals surface area contributed by atoms with Gasteiger partial charge in [0.15, 0.2) is 0 Å². The predicted molar refractivity (Wildman–Crippen MR) is 75.9 cm³/mol. The van der Waals surface area contributed by atoms with Crippen LogP contribution in [0.15, 0.2) is 42.5 Å². The first kappa shape index (κ1) is 13.0. The molecular weight excluding hydrogens is 240 g/mol. The number of ether oxygens (including phenoxy) is 1. The zero-order chi connectivity index (χ0) is 13.8. The molecule has 0 atom stereocenters. The summed E-state index contributed by atoms with van der Waals surface area (Å²) in [5.74, 6) is -0.426. The number of carbonyl (C=O) groups excluding carboxylic acids is 1. The van der Waals surface area contributed by atoms with Gasteiger partial charge in [-0.15, -0.1) is 0 Å². The van der Waals surface area contributed by atoms with Gasteiger partial charge in [-0.1, -0.05) is 30.3 Å². The van der Waals surface area contributed by atoms with Crippen LogP contribution in [0.2, 0.25) is 0 Å². The molecule has 0 spiro atoms. The number of anilines is 2. The average Bonchev–Trinajstić information content (AvgIpc) is 2.42. The van der Waals surface area contributed by atoms with Crippen molar-refractivity contribution < 1.29 is 9.53 Å². The fourth-order valence-electron chi connectivity index (χ4n) is 2.01. The van der Waals surface area contributed by atoms with Crippen LogP contribution < -0.4 is 11.5 Å². The van der Waals surface area contributed by atoms with Crippen molar-refractivity contribution in [1.29, 1.82) is 0 Å². The van der Waals surface area contributed by atoms with Gasteiger partial charge in [0.2, 0.25) is 0 Å². The summed E-state index contributed by atoms with van der Waals surface area (Å²) in [6.07, 6.45) is 0.567. The highest BCUT2D eigenvalue weighted by molar-refractivity contribution is 5.94. The first-order valence-electron chi connectivity index (χ1n) is 5.92. The van der Waals surface area contributed by atoms with Gasteiger partial charge in [-0.25, -0.2) is 4.79 Å². The summed E-state index contributed by atoms with van der Waals surface area (Å²) in [7, 11) is 1.34. The van der Waals surface area contributed by atoms with E-state index in [1.54, 1.807) is 12.1 Å². The highest BCUT2D eigenvalue weighted by Crippen LogP contribution is 2.25. The number of nitrogens with two attached hydrogens (primary N) is 2. The van der Waals surface area contributed by atoms with Gasteiger partial charge in [0, 0.05) is 17.8 Å². The van der Waals surface area contributed by atoms with Crippen LogP contribution in [-0.2, 0) is 11.2 Å². The van der Waals surface area contributed by atoms with Gasteiger partial charge in [-0.05, 0) is 23.3 Å². The van der Waals surface area contributed by atoms with Crippen LogP contribution in [0.25, 0.3) is 0 Å². The van der Waals surface area contributed by atoms with Crippen molar-refractivity contribution in [2.75, 3.05) is 18.6 Å². The number of carbonyl (C=O) groups is 1. The minimum Gasteiger partial charge on any atom is -0.465 e. The Morgan fingerprint density at radius 1 is 1.16 bits per heavy atom. The van der Waals surface area contributed by atoms with E-state index < -0.39 is 5.97 Å². The summed E-state index contributed by atoms with van der Waals surface area (Å²) in [6.45, 7) is 0. The van der Waals surface area contributed by atoms with E-state index in [0.29, 0.717) is 23.4 Å². The van der Waals surface area contributed by atoms with Crippen LogP contribution in [0, 0.1) is 0 Å². The average molecular weight is 256 g/mol. The summed E-state index contributed by atoms with van der Waals surface area (Å²) >= 11 is 0. The predicted octanol–water partition coefficient (Wildman–Crippen LogP) is 2.23. The maximum absolute atomic E-state index is 11.8. The molecule has 0 fully saturated rings. The van der Waals surface area contributed by atoms with Crippen LogP contribution in [0.1, 0.15) is 21.5 Å². The SMILES string of the molecule is COC(=O)c1cc(N)cc(N)c1Cc1ccccc1. The van der Waals surface area contributed by atoms with E-state index >= 15 is 0 Å². The largest absolute Gasteiger partial charge is 0.465 e. The number of methoxy groups -OCH3 is 1. The lowest BCUT2D eigenvalue weighted by molar-refractivity contribution is 0.0600. The molecule has 0 radical (unpaired) electrons. The Balaban J connectivity index is 2.46. The van der Waals surface area contributed by atoms with Crippen LogP contribution >= 0.6 is 0 Å². The Morgan fingerprint density at radius 2 is 1.84 bits per heavy atom. The first-order valence-corrected chi connectivity index (χ1v) is 5.92. The molecule has 4 nitrogen and oxygen atoms in total. The summed E-state index contributed by atoms with van der Waals surface area (Å²) in [4.78, 5) is 11.8. The molecule has 0 unspecified atom stereocenters. The maximum atomic E-state index is 11.8. The molecule has 0 aliphatic carbocycles. The quantitative estimate of drug-likeness (QED) is 0.652. The molecule has 0 bridgehead atoms. The van der Waals surface area contributed by atoms with E-state index in [1.165, 1.54) is 7.11 Å². The van der Waals surface area contributed by atoms with E-state index in [0.717, 1.165) is 11.1 Å². The summed E-state index contributed by atoms with van der Waals surface area (Å²) in [5, 5.41) is 0. The normalized spacial score (nSPS) is 10.2. The minimum atomic E-state index is -0.426. The molecule has 4 N–H and O–H groups in total. The van der Waals surface area contributed by atoms with Crippen LogP contribution in [0.5, 0.6) is 0 Å². The molecule has 98 valence electrons. The third-order valence-corrected chi connectivity index (χ3v) is 2.94. The fourth-order valence-corrected chi connectivity index (χ4v) is 2.01. The monoisotopic (exact) mass is 256 g/mol. The summed E-state index contributed by atoms with van der Waals surface area (Å²) in [6, 6.07) is 13.1. The molecular formula is C15H16N2O2. The Kier molecular flexibility index (Phi) is 3.71. The van der Waals surface area contributed by atoms with Gasteiger partial charge in [0.25, 0.3) is 0 Å². The first-order chi connectivity index (χ1) is 9.11. The van der Waals surface area contributed by atoms with Gasteiger partial charge in [-0.3, -0.25) is 0 Å². The molecule has 0 saturated carbocycles.